The molecule has 0 bridgehead atoms. The van der Waals surface area contributed by atoms with Gasteiger partial charge in [0.1, 0.15) is 10.6 Å². The topological polar surface area (TPSA) is 73.2 Å². The van der Waals surface area contributed by atoms with Crippen LogP contribution >= 0.6 is 11.3 Å². The van der Waals surface area contributed by atoms with Gasteiger partial charge in [-0.2, -0.15) is 0 Å². The maximum absolute atomic E-state index is 12.6. The van der Waals surface area contributed by atoms with Gasteiger partial charge >= 0.3 is 0 Å². The number of nitrogens with zero attached hydrogens (tertiary/aromatic N) is 2. The van der Waals surface area contributed by atoms with E-state index in [-0.39, 0.29) is 24.0 Å². The number of ether oxygens (including phenoxy) is 1. The molecule has 0 unspecified atom stereocenters. The SMILES string of the molecule is Cc1sc2ncn(CCC(=O)NCc3ccc(OC(C)C)cc3)c(=O)c2c1C. The largest absolute Gasteiger partial charge is 0.491 e. The van der Waals surface area contributed by atoms with E-state index in [0.29, 0.717) is 18.5 Å². The van der Waals surface area contributed by atoms with E-state index in [4.69, 9.17) is 4.74 Å². The Bertz CT molecular complexity index is 1040. The molecule has 0 saturated carbocycles. The smallest absolute Gasteiger partial charge is 0.262 e. The number of benzene rings is 1. The second kappa shape index (κ2) is 8.56. The third-order valence-corrected chi connectivity index (χ3v) is 5.64. The molecule has 0 saturated heterocycles. The molecule has 3 aromatic rings. The zero-order valence-electron chi connectivity index (χ0n) is 16.6. The summed E-state index contributed by atoms with van der Waals surface area (Å²) < 4.78 is 7.12. The van der Waals surface area contributed by atoms with Crippen LogP contribution in [0.4, 0.5) is 0 Å². The Kier molecular flexibility index (Phi) is 6.14. The fourth-order valence-corrected chi connectivity index (χ4v) is 3.89. The highest BCUT2D eigenvalue weighted by Gasteiger charge is 2.12. The molecule has 0 spiro atoms. The van der Waals surface area contributed by atoms with Gasteiger partial charge < -0.3 is 10.1 Å². The molecule has 0 radical (unpaired) electrons. The molecule has 7 heteroatoms. The average Bonchev–Trinajstić information content (AvgIpc) is 2.95. The van der Waals surface area contributed by atoms with Crippen LogP contribution in [0.3, 0.4) is 0 Å². The number of aromatic nitrogens is 2. The molecule has 28 heavy (non-hydrogen) atoms. The van der Waals surface area contributed by atoms with E-state index in [9.17, 15) is 9.59 Å². The van der Waals surface area contributed by atoms with Crippen molar-refractivity contribution in [2.75, 3.05) is 0 Å². The highest BCUT2D eigenvalue weighted by molar-refractivity contribution is 7.18. The highest BCUT2D eigenvalue weighted by atomic mass is 32.1. The third kappa shape index (κ3) is 4.59. The zero-order chi connectivity index (χ0) is 20.3. The Balaban J connectivity index is 1.56. The first-order chi connectivity index (χ1) is 13.3. The molecule has 2 aromatic heterocycles. The summed E-state index contributed by atoms with van der Waals surface area (Å²) in [6.45, 7) is 8.63. The monoisotopic (exact) mass is 399 g/mol. The van der Waals surface area contributed by atoms with E-state index in [1.165, 1.54) is 22.2 Å². The summed E-state index contributed by atoms with van der Waals surface area (Å²) in [5.41, 5.74) is 1.88. The predicted molar refractivity (Wildman–Crippen MR) is 112 cm³/mol. The highest BCUT2D eigenvalue weighted by Crippen LogP contribution is 2.25. The summed E-state index contributed by atoms with van der Waals surface area (Å²) in [5, 5.41) is 3.55. The van der Waals surface area contributed by atoms with Crippen LogP contribution in [0.2, 0.25) is 0 Å². The molecular formula is C21H25N3O3S. The lowest BCUT2D eigenvalue weighted by Gasteiger charge is -2.10. The first-order valence-corrected chi connectivity index (χ1v) is 10.1. The van der Waals surface area contributed by atoms with E-state index >= 15 is 0 Å². The van der Waals surface area contributed by atoms with Crippen LogP contribution in [0.5, 0.6) is 5.75 Å². The molecule has 0 aliphatic heterocycles. The zero-order valence-corrected chi connectivity index (χ0v) is 17.4. The number of amides is 1. The van der Waals surface area contributed by atoms with E-state index in [2.05, 4.69) is 10.3 Å². The molecule has 1 N–H and O–H groups in total. The van der Waals surface area contributed by atoms with Crippen molar-refractivity contribution in [3.05, 3.63) is 57.0 Å². The van der Waals surface area contributed by atoms with Crippen molar-refractivity contribution < 1.29 is 9.53 Å². The van der Waals surface area contributed by atoms with Gasteiger partial charge in [-0.15, -0.1) is 11.3 Å². The van der Waals surface area contributed by atoms with Gasteiger partial charge in [0.25, 0.3) is 5.56 Å². The van der Waals surface area contributed by atoms with Gasteiger partial charge in [-0.1, -0.05) is 12.1 Å². The van der Waals surface area contributed by atoms with Crippen molar-refractivity contribution >= 4 is 27.5 Å². The first kappa shape index (κ1) is 20.1. The molecule has 0 aliphatic rings. The van der Waals surface area contributed by atoms with Crippen LogP contribution in [-0.4, -0.2) is 21.6 Å². The molecule has 1 aromatic carbocycles. The Morgan fingerprint density at radius 2 is 1.96 bits per heavy atom. The lowest BCUT2D eigenvalue weighted by atomic mass is 10.2. The lowest BCUT2D eigenvalue weighted by molar-refractivity contribution is -0.121. The Hall–Kier alpha value is -2.67. The number of hydrogen-bond donors (Lipinski definition) is 1. The molecule has 6 nitrogen and oxygen atoms in total. The molecule has 148 valence electrons. The number of aryl methyl sites for hydroxylation is 3. The van der Waals surface area contributed by atoms with Gasteiger partial charge in [0.2, 0.25) is 5.91 Å². The second-order valence-corrected chi connectivity index (χ2v) is 8.25. The Morgan fingerprint density at radius 3 is 2.64 bits per heavy atom. The normalized spacial score (nSPS) is 11.2. The minimum absolute atomic E-state index is 0.0830. The lowest BCUT2D eigenvalue weighted by Crippen LogP contribution is -2.27. The van der Waals surface area contributed by atoms with Crippen molar-refractivity contribution in [1.29, 1.82) is 0 Å². The number of hydrogen-bond acceptors (Lipinski definition) is 5. The van der Waals surface area contributed by atoms with E-state index in [0.717, 1.165) is 26.6 Å². The summed E-state index contributed by atoms with van der Waals surface area (Å²) in [5.74, 6) is 0.707. The van der Waals surface area contributed by atoms with Crippen LogP contribution in [0, 0.1) is 13.8 Å². The third-order valence-electron chi connectivity index (χ3n) is 4.52. The number of carbonyl (C=O) groups excluding carboxylic acids is 1. The van der Waals surface area contributed by atoms with Gasteiger partial charge in [0.05, 0.1) is 17.8 Å². The van der Waals surface area contributed by atoms with Crippen LogP contribution in [0.1, 0.15) is 36.3 Å². The maximum atomic E-state index is 12.6. The number of fused-ring (bicyclic) bond motifs is 1. The predicted octanol–water partition coefficient (Wildman–Crippen LogP) is 3.57. The molecule has 0 aliphatic carbocycles. The number of nitrogens with one attached hydrogen (secondary N) is 1. The van der Waals surface area contributed by atoms with Crippen LogP contribution in [-0.2, 0) is 17.9 Å². The maximum Gasteiger partial charge on any atom is 0.262 e. The van der Waals surface area contributed by atoms with E-state index < -0.39 is 0 Å². The minimum atomic E-state index is -0.104. The van der Waals surface area contributed by atoms with E-state index in [1.54, 1.807) is 0 Å². The number of carbonyl (C=O) groups is 1. The second-order valence-electron chi connectivity index (χ2n) is 7.04. The van der Waals surface area contributed by atoms with Crippen LogP contribution in [0.25, 0.3) is 10.2 Å². The van der Waals surface area contributed by atoms with Crippen molar-refractivity contribution in [1.82, 2.24) is 14.9 Å². The van der Waals surface area contributed by atoms with Crippen LogP contribution < -0.4 is 15.6 Å². The fraction of sp³-hybridized carbons (Fsp3) is 0.381. The quantitative estimate of drug-likeness (QED) is 0.659. The van der Waals surface area contributed by atoms with Gasteiger partial charge in [-0.25, -0.2) is 4.98 Å². The Labute approximate surface area is 168 Å². The molecular weight excluding hydrogens is 374 g/mol. The summed E-state index contributed by atoms with van der Waals surface area (Å²) >= 11 is 1.52. The van der Waals surface area contributed by atoms with Crippen LogP contribution in [0.15, 0.2) is 35.4 Å². The van der Waals surface area contributed by atoms with Gasteiger partial charge in [0.15, 0.2) is 0 Å². The van der Waals surface area contributed by atoms with Crippen molar-refractivity contribution in [2.24, 2.45) is 0 Å². The van der Waals surface area contributed by atoms with E-state index in [1.807, 2.05) is 52.0 Å². The van der Waals surface area contributed by atoms with Crippen molar-refractivity contribution in [3.8, 4) is 5.75 Å². The number of thiophene rings is 1. The van der Waals surface area contributed by atoms with Crippen molar-refractivity contribution in [2.45, 2.75) is 53.3 Å². The molecule has 0 atom stereocenters. The van der Waals surface area contributed by atoms with Gasteiger partial charge in [-0.3, -0.25) is 14.2 Å². The fourth-order valence-electron chi connectivity index (χ4n) is 2.90. The minimum Gasteiger partial charge on any atom is -0.491 e. The molecule has 3 rings (SSSR count). The summed E-state index contributed by atoms with van der Waals surface area (Å²) in [6.07, 6.45) is 1.88. The summed E-state index contributed by atoms with van der Waals surface area (Å²) in [6, 6.07) is 7.66. The van der Waals surface area contributed by atoms with Crippen molar-refractivity contribution in [3.63, 3.8) is 0 Å². The Morgan fingerprint density at radius 1 is 1.25 bits per heavy atom. The molecule has 1 amide bonds. The van der Waals surface area contributed by atoms with Gasteiger partial charge in [-0.05, 0) is 51.0 Å². The number of rotatable bonds is 7. The summed E-state index contributed by atoms with van der Waals surface area (Å²) in [4.78, 5) is 31.0. The molecule has 0 fully saturated rings. The standard InChI is InChI=1S/C21H25N3O3S/c1-13(2)27-17-7-5-16(6-8-17)11-22-18(25)9-10-24-12-23-20-19(21(24)26)14(3)15(4)28-20/h5-8,12-13H,9-11H2,1-4H3,(H,22,25). The summed E-state index contributed by atoms with van der Waals surface area (Å²) in [7, 11) is 0. The first-order valence-electron chi connectivity index (χ1n) is 9.32. The molecule has 2 heterocycles. The van der Waals surface area contributed by atoms with Gasteiger partial charge in [0, 0.05) is 24.4 Å². The average molecular weight is 400 g/mol.